The minimum Gasteiger partial charge on any atom is -0.479 e. The van der Waals surface area contributed by atoms with Crippen molar-refractivity contribution < 1.29 is 9.13 Å². The van der Waals surface area contributed by atoms with Crippen LogP contribution in [0.1, 0.15) is 5.56 Å². The number of thioether (sulfide) groups is 1. The van der Waals surface area contributed by atoms with Crippen molar-refractivity contribution in [2.45, 2.75) is 10.9 Å². The zero-order valence-corrected chi connectivity index (χ0v) is 13.8. The molecule has 0 saturated carbocycles. The van der Waals surface area contributed by atoms with Gasteiger partial charge in [0.15, 0.2) is 11.0 Å². The van der Waals surface area contributed by atoms with Crippen LogP contribution in [-0.2, 0) is 19.8 Å². The molecule has 0 spiro atoms. The van der Waals surface area contributed by atoms with Gasteiger partial charge in [-0.2, -0.15) is 0 Å². The van der Waals surface area contributed by atoms with Gasteiger partial charge in [0.25, 0.3) is 0 Å². The minimum absolute atomic E-state index is 0.233. The van der Waals surface area contributed by atoms with E-state index in [0.717, 1.165) is 16.3 Å². The first-order valence-electron chi connectivity index (χ1n) is 6.93. The molecule has 0 N–H and O–H groups in total. The first-order valence-corrected chi connectivity index (χ1v) is 7.91. The van der Waals surface area contributed by atoms with Crippen LogP contribution in [0.5, 0.6) is 5.88 Å². The summed E-state index contributed by atoms with van der Waals surface area (Å²) in [5.41, 5.74) is 1.82. The van der Waals surface area contributed by atoms with Gasteiger partial charge in [0, 0.05) is 26.0 Å². The molecule has 120 valence electrons. The van der Waals surface area contributed by atoms with Crippen molar-refractivity contribution in [2.75, 3.05) is 7.11 Å². The number of halogens is 1. The van der Waals surface area contributed by atoms with Gasteiger partial charge < -0.3 is 9.30 Å². The second-order valence-electron chi connectivity index (χ2n) is 5.01. The molecule has 2 heterocycles. The van der Waals surface area contributed by atoms with Gasteiger partial charge in [-0.1, -0.05) is 23.9 Å². The first-order chi connectivity index (χ1) is 11.1. The average molecular weight is 333 g/mol. The minimum atomic E-state index is -0.233. The molecule has 0 saturated heterocycles. The summed E-state index contributed by atoms with van der Waals surface area (Å²) in [6.45, 7) is 0. The van der Waals surface area contributed by atoms with Gasteiger partial charge in [-0.3, -0.25) is 4.68 Å². The molecular weight excluding hydrogens is 317 g/mol. The largest absolute Gasteiger partial charge is 0.479 e. The molecule has 0 amide bonds. The molecule has 0 aliphatic rings. The maximum absolute atomic E-state index is 12.9. The van der Waals surface area contributed by atoms with E-state index in [1.165, 1.54) is 12.1 Å². The van der Waals surface area contributed by atoms with E-state index in [9.17, 15) is 4.39 Å². The lowest BCUT2D eigenvalue weighted by atomic mass is 10.2. The Bertz CT molecular complexity index is 812. The number of ether oxygens (including phenoxy) is 1. The lowest BCUT2D eigenvalue weighted by molar-refractivity contribution is 0.393. The standard InChI is InChI=1S/C15H16FN5OS/c1-20-8-12(14(19-20)22-3)13-17-18-15(21(13)2)23-9-10-4-6-11(16)7-5-10/h4-8H,9H2,1-3H3. The van der Waals surface area contributed by atoms with Crippen molar-refractivity contribution in [3.05, 3.63) is 41.8 Å². The van der Waals surface area contributed by atoms with Crippen LogP contribution in [0.4, 0.5) is 4.39 Å². The smallest absolute Gasteiger partial charge is 0.243 e. The third kappa shape index (κ3) is 3.21. The molecule has 0 aliphatic carbocycles. The van der Waals surface area contributed by atoms with Crippen molar-refractivity contribution in [3.63, 3.8) is 0 Å². The van der Waals surface area contributed by atoms with Crippen molar-refractivity contribution in [1.82, 2.24) is 24.5 Å². The molecule has 0 unspecified atom stereocenters. The maximum Gasteiger partial charge on any atom is 0.243 e. The molecule has 0 radical (unpaired) electrons. The predicted octanol–water partition coefficient (Wildman–Crippen LogP) is 2.66. The van der Waals surface area contributed by atoms with E-state index >= 15 is 0 Å². The third-order valence-corrected chi connectivity index (χ3v) is 4.44. The second-order valence-corrected chi connectivity index (χ2v) is 5.95. The lowest BCUT2D eigenvalue weighted by Gasteiger charge is -2.04. The molecule has 2 aromatic heterocycles. The van der Waals surface area contributed by atoms with Crippen LogP contribution in [0.3, 0.4) is 0 Å². The van der Waals surface area contributed by atoms with E-state index in [4.69, 9.17) is 4.74 Å². The highest BCUT2D eigenvalue weighted by atomic mass is 32.2. The fourth-order valence-electron chi connectivity index (χ4n) is 2.18. The Kier molecular flexibility index (Phi) is 4.33. The summed E-state index contributed by atoms with van der Waals surface area (Å²) in [6, 6.07) is 6.45. The highest BCUT2D eigenvalue weighted by molar-refractivity contribution is 7.98. The first kappa shape index (κ1) is 15.5. The monoisotopic (exact) mass is 333 g/mol. The highest BCUT2D eigenvalue weighted by Gasteiger charge is 2.18. The molecule has 0 aliphatic heterocycles. The average Bonchev–Trinajstić information content (AvgIpc) is 3.09. The van der Waals surface area contributed by atoms with Crippen molar-refractivity contribution in [2.24, 2.45) is 14.1 Å². The Morgan fingerprint density at radius 2 is 1.91 bits per heavy atom. The maximum atomic E-state index is 12.9. The van der Waals surface area contributed by atoms with Crippen molar-refractivity contribution >= 4 is 11.8 Å². The van der Waals surface area contributed by atoms with Crippen LogP contribution < -0.4 is 4.74 Å². The molecule has 0 bridgehead atoms. The van der Waals surface area contributed by atoms with Gasteiger partial charge in [-0.05, 0) is 17.7 Å². The summed E-state index contributed by atoms with van der Waals surface area (Å²) >= 11 is 1.54. The van der Waals surface area contributed by atoms with E-state index in [1.807, 2.05) is 24.9 Å². The zero-order valence-electron chi connectivity index (χ0n) is 13.0. The Morgan fingerprint density at radius 3 is 2.61 bits per heavy atom. The number of benzene rings is 1. The number of hydrogen-bond donors (Lipinski definition) is 0. The van der Waals surface area contributed by atoms with Crippen molar-refractivity contribution in [3.8, 4) is 17.3 Å². The Balaban J connectivity index is 1.80. The Morgan fingerprint density at radius 1 is 1.17 bits per heavy atom. The number of aromatic nitrogens is 5. The van der Waals surface area contributed by atoms with E-state index in [0.29, 0.717) is 17.5 Å². The van der Waals surface area contributed by atoms with E-state index in [2.05, 4.69) is 15.3 Å². The predicted molar refractivity (Wildman–Crippen MR) is 85.7 cm³/mol. The topological polar surface area (TPSA) is 57.8 Å². The van der Waals surface area contributed by atoms with Gasteiger partial charge in [0.1, 0.15) is 11.4 Å². The zero-order chi connectivity index (χ0) is 16.4. The SMILES string of the molecule is COc1nn(C)cc1-c1nnc(SCc2ccc(F)cc2)n1C. The number of aryl methyl sites for hydroxylation is 1. The van der Waals surface area contributed by atoms with Crippen LogP contribution >= 0.6 is 11.8 Å². The lowest BCUT2D eigenvalue weighted by Crippen LogP contribution is -1.96. The fraction of sp³-hybridized carbons (Fsp3) is 0.267. The van der Waals surface area contributed by atoms with Crippen LogP contribution in [-0.4, -0.2) is 31.7 Å². The highest BCUT2D eigenvalue weighted by Crippen LogP contribution is 2.29. The summed E-state index contributed by atoms with van der Waals surface area (Å²) in [4.78, 5) is 0. The van der Waals surface area contributed by atoms with Gasteiger partial charge in [0.2, 0.25) is 5.88 Å². The summed E-state index contributed by atoms with van der Waals surface area (Å²) < 4.78 is 21.8. The van der Waals surface area contributed by atoms with Crippen LogP contribution in [0.25, 0.3) is 11.4 Å². The van der Waals surface area contributed by atoms with Gasteiger partial charge in [-0.15, -0.1) is 15.3 Å². The van der Waals surface area contributed by atoms with Crippen LogP contribution in [0, 0.1) is 5.82 Å². The second kappa shape index (κ2) is 6.41. The van der Waals surface area contributed by atoms with Crippen molar-refractivity contribution in [1.29, 1.82) is 0 Å². The normalized spacial score (nSPS) is 11.0. The summed E-state index contributed by atoms with van der Waals surface area (Å²) in [7, 11) is 5.30. The number of nitrogens with zero attached hydrogens (tertiary/aromatic N) is 5. The molecule has 3 aromatic rings. The molecule has 0 atom stereocenters. The summed E-state index contributed by atoms with van der Waals surface area (Å²) in [5.74, 6) is 1.66. The van der Waals surface area contributed by atoms with Crippen LogP contribution in [0.15, 0.2) is 35.6 Å². The van der Waals surface area contributed by atoms with E-state index in [1.54, 1.807) is 35.7 Å². The van der Waals surface area contributed by atoms with Gasteiger partial charge in [0.05, 0.1) is 7.11 Å². The number of hydrogen-bond acceptors (Lipinski definition) is 5. The number of methoxy groups -OCH3 is 1. The molecule has 23 heavy (non-hydrogen) atoms. The molecular formula is C15H16FN5OS. The fourth-order valence-corrected chi connectivity index (χ4v) is 3.04. The molecule has 6 nitrogen and oxygen atoms in total. The third-order valence-electron chi connectivity index (χ3n) is 3.35. The van der Waals surface area contributed by atoms with Gasteiger partial charge in [-0.25, -0.2) is 4.39 Å². The molecule has 0 fully saturated rings. The summed E-state index contributed by atoms with van der Waals surface area (Å²) in [6.07, 6.45) is 1.84. The molecule has 1 aromatic carbocycles. The molecule has 8 heteroatoms. The quantitative estimate of drug-likeness (QED) is 0.672. The van der Waals surface area contributed by atoms with Crippen LogP contribution in [0.2, 0.25) is 0 Å². The number of rotatable bonds is 5. The Labute approximate surface area is 137 Å². The van der Waals surface area contributed by atoms with E-state index in [-0.39, 0.29) is 5.82 Å². The van der Waals surface area contributed by atoms with E-state index < -0.39 is 0 Å². The molecule has 3 rings (SSSR count). The summed E-state index contributed by atoms with van der Waals surface area (Å²) in [5, 5.41) is 13.5. The Hall–Kier alpha value is -2.35. The van der Waals surface area contributed by atoms with Gasteiger partial charge >= 0.3 is 0 Å².